The Morgan fingerprint density at radius 2 is 2.26 bits per heavy atom. The maximum absolute atomic E-state index is 12.7. The molecular formula is C16H18N4O3. The van der Waals surface area contributed by atoms with Crippen LogP contribution in [0.1, 0.15) is 30.1 Å². The zero-order valence-electron chi connectivity index (χ0n) is 12.9. The standard InChI is InChI=1S/C16H18N4O3/c1-2-23-15(21)10-9-12-6-5-11-20(12)16(22)13-7-3-4-8-14(13)18-19-17/h3-4,7-10,12H,2,5-6,11H2,1H3/b10-9+/t12-/m0/s1. The predicted octanol–water partition coefficient (Wildman–Crippen LogP) is 3.35. The second-order valence-corrected chi connectivity index (χ2v) is 5.03. The van der Waals surface area contributed by atoms with E-state index in [1.54, 1.807) is 42.2 Å². The number of amides is 1. The van der Waals surface area contributed by atoms with Gasteiger partial charge in [0.25, 0.3) is 5.91 Å². The molecule has 0 bridgehead atoms. The van der Waals surface area contributed by atoms with Gasteiger partial charge >= 0.3 is 5.97 Å². The molecule has 0 unspecified atom stereocenters. The van der Waals surface area contributed by atoms with E-state index >= 15 is 0 Å². The molecule has 0 aliphatic carbocycles. The van der Waals surface area contributed by atoms with Crippen LogP contribution in [0.5, 0.6) is 0 Å². The second-order valence-electron chi connectivity index (χ2n) is 5.03. The minimum absolute atomic E-state index is 0.161. The third-order valence-corrected chi connectivity index (χ3v) is 3.59. The fraction of sp³-hybridized carbons (Fsp3) is 0.375. The van der Waals surface area contributed by atoms with Crippen molar-refractivity contribution in [1.29, 1.82) is 0 Å². The monoisotopic (exact) mass is 314 g/mol. The molecule has 1 heterocycles. The third-order valence-electron chi connectivity index (χ3n) is 3.59. The quantitative estimate of drug-likeness (QED) is 0.274. The molecule has 1 aliphatic rings. The first-order chi connectivity index (χ1) is 11.2. The minimum Gasteiger partial charge on any atom is -0.463 e. The number of ether oxygens (including phenoxy) is 1. The van der Waals surface area contributed by atoms with E-state index in [1.807, 2.05) is 0 Å². The van der Waals surface area contributed by atoms with Gasteiger partial charge in [-0.05, 0) is 31.4 Å². The third kappa shape index (κ3) is 4.11. The van der Waals surface area contributed by atoms with E-state index in [9.17, 15) is 9.59 Å². The minimum atomic E-state index is -0.415. The first-order valence-corrected chi connectivity index (χ1v) is 7.47. The van der Waals surface area contributed by atoms with E-state index in [-0.39, 0.29) is 11.9 Å². The summed E-state index contributed by atoms with van der Waals surface area (Å²) in [6.07, 6.45) is 4.69. The highest BCUT2D eigenvalue weighted by molar-refractivity contribution is 5.99. The van der Waals surface area contributed by atoms with Crippen molar-refractivity contribution in [2.45, 2.75) is 25.8 Å². The maximum atomic E-state index is 12.7. The number of esters is 1. The molecule has 7 heteroatoms. The molecule has 0 spiro atoms. The summed E-state index contributed by atoms with van der Waals surface area (Å²) in [5, 5.41) is 3.56. The van der Waals surface area contributed by atoms with Crippen LogP contribution >= 0.6 is 0 Å². The summed E-state index contributed by atoms with van der Waals surface area (Å²) >= 11 is 0. The summed E-state index contributed by atoms with van der Waals surface area (Å²) in [6.45, 7) is 2.65. The zero-order chi connectivity index (χ0) is 16.7. The zero-order valence-corrected chi connectivity index (χ0v) is 12.9. The molecule has 120 valence electrons. The Hall–Kier alpha value is -2.79. The van der Waals surface area contributed by atoms with E-state index in [0.29, 0.717) is 24.4 Å². The smallest absolute Gasteiger partial charge is 0.330 e. The SMILES string of the molecule is CCOC(=O)/C=C/[C@@H]1CCCN1C(=O)c1ccccc1N=[N+]=[N-]. The van der Waals surface area contributed by atoms with Gasteiger partial charge in [0.2, 0.25) is 0 Å². The van der Waals surface area contributed by atoms with Crippen LogP contribution in [0, 0.1) is 0 Å². The lowest BCUT2D eigenvalue weighted by Gasteiger charge is -2.23. The van der Waals surface area contributed by atoms with Crippen LogP contribution in [0.15, 0.2) is 41.5 Å². The Labute approximate surface area is 134 Å². The molecule has 1 fully saturated rings. The summed E-state index contributed by atoms with van der Waals surface area (Å²) < 4.78 is 4.85. The molecule has 0 radical (unpaired) electrons. The number of azide groups is 1. The first kappa shape index (κ1) is 16.6. The van der Waals surface area contributed by atoms with Gasteiger partial charge < -0.3 is 9.64 Å². The van der Waals surface area contributed by atoms with Gasteiger partial charge in [-0.25, -0.2) is 4.79 Å². The molecule has 0 N–H and O–H groups in total. The highest BCUT2D eigenvalue weighted by Crippen LogP contribution is 2.26. The number of likely N-dealkylation sites (tertiary alicyclic amines) is 1. The lowest BCUT2D eigenvalue weighted by molar-refractivity contribution is -0.137. The Morgan fingerprint density at radius 3 is 3.00 bits per heavy atom. The molecule has 23 heavy (non-hydrogen) atoms. The molecule has 0 saturated carbocycles. The molecule has 1 aliphatic heterocycles. The van der Waals surface area contributed by atoms with Crippen LogP contribution < -0.4 is 0 Å². The molecule has 1 saturated heterocycles. The average Bonchev–Trinajstić information content (AvgIpc) is 3.02. The Morgan fingerprint density at radius 1 is 1.48 bits per heavy atom. The first-order valence-electron chi connectivity index (χ1n) is 7.47. The molecule has 7 nitrogen and oxygen atoms in total. The van der Waals surface area contributed by atoms with Gasteiger partial charge in [-0.1, -0.05) is 29.4 Å². The number of benzene rings is 1. The van der Waals surface area contributed by atoms with E-state index in [0.717, 1.165) is 12.8 Å². The predicted molar refractivity (Wildman–Crippen MR) is 85.1 cm³/mol. The van der Waals surface area contributed by atoms with E-state index in [2.05, 4.69) is 10.0 Å². The Balaban J connectivity index is 2.18. The van der Waals surface area contributed by atoms with Crippen molar-refractivity contribution in [3.05, 3.63) is 52.4 Å². The van der Waals surface area contributed by atoms with Crippen molar-refractivity contribution in [1.82, 2.24) is 4.90 Å². The van der Waals surface area contributed by atoms with Crippen molar-refractivity contribution in [3.8, 4) is 0 Å². The van der Waals surface area contributed by atoms with Crippen LogP contribution in [-0.2, 0) is 9.53 Å². The van der Waals surface area contributed by atoms with Crippen molar-refractivity contribution in [2.24, 2.45) is 5.11 Å². The molecule has 1 aromatic rings. The molecule has 2 rings (SSSR count). The number of rotatable bonds is 5. The molecule has 1 atom stereocenters. The number of hydrogen-bond acceptors (Lipinski definition) is 4. The van der Waals surface area contributed by atoms with Gasteiger partial charge in [0.05, 0.1) is 18.3 Å². The van der Waals surface area contributed by atoms with Gasteiger partial charge in [0.1, 0.15) is 0 Å². The topological polar surface area (TPSA) is 95.4 Å². The number of carbonyl (C=O) groups excluding carboxylic acids is 2. The molecule has 0 aromatic heterocycles. The van der Waals surface area contributed by atoms with Crippen molar-refractivity contribution in [2.75, 3.05) is 13.2 Å². The van der Waals surface area contributed by atoms with Crippen LogP contribution in [0.4, 0.5) is 5.69 Å². The average molecular weight is 314 g/mol. The fourth-order valence-corrected chi connectivity index (χ4v) is 2.57. The summed E-state index contributed by atoms with van der Waals surface area (Å²) in [5.41, 5.74) is 9.28. The lowest BCUT2D eigenvalue weighted by Crippen LogP contribution is -2.34. The molecule has 1 aromatic carbocycles. The Kier molecular flexibility index (Phi) is 5.77. The molecular weight excluding hydrogens is 296 g/mol. The summed E-state index contributed by atoms with van der Waals surface area (Å²) in [4.78, 5) is 28.6. The van der Waals surface area contributed by atoms with Gasteiger partial charge in [0, 0.05) is 23.1 Å². The van der Waals surface area contributed by atoms with E-state index in [4.69, 9.17) is 10.3 Å². The maximum Gasteiger partial charge on any atom is 0.330 e. The normalized spacial score (nSPS) is 17.1. The fourth-order valence-electron chi connectivity index (χ4n) is 2.57. The summed E-state index contributed by atoms with van der Waals surface area (Å²) in [7, 11) is 0. The lowest BCUT2D eigenvalue weighted by atomic mass is 10.1. The highest BCUT2D eigenvalue weighted by Gasteiger charge is 2.28. The second kappa shape index (κ2) is 8.00. The van der Waals surface area contributed by atoms with Crippen molar-refractivity contribution in [3.63, 3.8) is 0 Å². The van der Waals surface area contributed by atoms with Gasteiger partial charge in [0.15, 0.2) is 0 Å². The van der Waals surface area contributed by atoms with Gasteiger partial charge in [-0.3, -0.25) is 4.79 Å². The summed E-state index contributed by atoms with van der Waals surface area (Å²) in [6, 6.07) is 6.51. The van der Waals surface area contributed by atoms with Crippen LogP contribution in [0.3, 0.4) is 0 Å². The van der Waals surface area contributed by atoms with Crippen LogP contribution in [-0.4, -0.2) is 36.0 Å². The summed E-state index contributed by atoms with van der Waals surface area (Å²) in [5.74, 6) is -0.620. The molecule has 1 amide bonds. The van der Waals surface area contributed by atoms with Gasteiger partial charge in [-0.2, -0.15) is 0 Å². The largest absolute Gasteiger partial charge is 0.463 e. The van der Waals surface area contributed by atoms with Gasteiger partial charge in [-0.15, -0.1) is 0 Å². The van der Waals surface area contributed by atoms with Crippen LogP contribution in [0.25, 0.3) is 10.4 Å². The number of carbonyl (C=O) groups is 2. The number of nitrogens with zero attached hydrogens (tertiary/aromatic N) is 4. The van der Waals surface area contributed by atoms with E-state index < -0.39 is 5.97 Å². The Bertz CT molecular complexity index is 665. The van der Waals surface area contributed by atoms with E-state index in [1.165, 1.54) is 6.08 Å². The highest BCUT2D eigenvalue weighted by atomic mass is 16.5. The number of hydrogen-bond donors (Lipinski definition) is 0. The van der Waals surface area contributed by atoms with Crippen LogP contribution in [0.2, 0.25) is 0 Å². The van der Waals surface area contributed by atoms with Crippen molar-refractivity contribution >= 4 is 17.6 Å². The van der Waals surface area contributed by atoms with Crippen molar-refractivity contribution < 1.29 is 14.3 Å².